The van der Waals surface area contributed by atoms with Gasteiger partial charge in [0.1, 0.15) is 11.8 Å². The van der Waals surface area contributed by atoms with Crippen molar-refractivity contribution >= 4 is 17.3 Å². The summed E-state index contributed by atoms with van der Waals surface area (Å²) in [5.74, 6) is 0.951. The van der Waals surface area contributed by atoms with Gasteiger partial charge in [0, 0.05) is 12.7 Å². The van der Waals surface area contributed by atoms with Gasteiger partial charge in [-0.25, -0.2) is 5.01 Å². The average molecular weight is 263 g/mol. The maximum absolute atomic E-state index is 5.59. The van der Waals surface area contributed by atoms with E-state index in [1.807, 2.05) is 24.2 Å². The highest BCUT2D eigenvalue weighted by atomic mass is 32.1. The van der Waals surface area contributed by atoms with Gasteiger partial charge >= 0.3 is 0 Å². The van der Waals surface area contributed by atoms with E-state index in [1.54, 1.807) is 6.26 Å². The van der Waals surface area contributed by atoms with Gasteiger partial charge < -0.3 is 9.73 Å². The summed E-state index contributed by atoms with van der Waals surface area (Å²) in [5.41, 5.74) is 6.18. The van der Waals surface area contributed by atoms with E-state index in [2.05, 4.69) is 10.7 Å². The van der Waals surface area contributed by atoms with Crippen molar-refractivity contribution in [3.63, 3.8) is 0 Å². The van der Waals surface area contributed by atoms with Crippen LogP contribution in [0.25, 0.3) is 0 Å². The first-order valence-electron chi connectivity index (χ1n) is 6.34. The van der Waals surface area contributed by atoms with Crippen molar-refractivity contribution < 1.29 is 4.42 Å². The van der Waals surface area contributed by atoms with E-state index in [0.29, 0.717) is 5.11 Å². The molecule has 1 atom stereocenters. The van der Waals surface area contributed by atoms with Gasteiger partial charge in [-0.15, -0.1) is 0 Å². The Morgan fingerprint density at radius 1 is 1.50 bits per heavy atom. The number of allylic oxidation sites excluding steroid dienone is 1. The largest absolute Gasteiger partial charge is 0.467 e. The smallest absolute Gasteiger partial charge is 0.188 e. The van der Waals surface area contributed by atoms with Gasteiger partial charge in [0.2, 0.25) is 0 Å². The fraction of sp³-hybridized carbons (Fsp3) is 0.462. The molecule has 2 N–H and O–H groups in total. The summed E-state index contributed by atoms with van der Waals surface area (Å²) in [6, 6.07) is 4.05. The molecule has 4 nitrogen and oxygen atoms in total. The molecule has 1 aromatic rings. The van der Waals surface area contributed by atoms with Crippen molar-refractivity contribution in [1.82, 2.24) is 15.8 Å². The standard InChI is InChI=1S/C13H17N3OS/c1-14-13(18)16-12(11-7-4-8-17-11)9-5-2-3-6-10(9)15-16/h4,7-8,12,15H,2-3,5-6H2,1H3,(H,14,18). The van der Waals surface area contributed by atoms with Crippen LogP contribution < -0.4 is 10.7 Å². The quantitative estimate of drug-likeness (QED) is 0.762. The summed E-state index contributed by atoms with van der Waals surface area (Å²) < 4.78 is 5.59. The number of hydrogen-bond donors (Lipinski definition) is 2. The Balaban J connectivity index is 1.97. The second-order valence-corrected chi connectivity index (χ2v) is 5.05. The minimum Gasteiger partial charge on any atom is -0.467 e. The molecule has 96 valence electrons. The molecule has 18 heavy (non-hydrogen) atoms. The van der Waals surface area contributed by atoms with Gasteiger partial charge in [0.25, 0.3) is 0 Å². The molecule has 1 aliphatic heterocycles. The molecular formula is C13H17N3OS. The van der Waals surface area contributed by atoms with Crippen molar-refractivity contribution in [2.24, 2.45) is 0 Å². The lowest BCUT2D eigenvalue weighted by Gasteiger charge is -2.26. The lowest BCUT2D eigenvalue weighted by molar-refractivity contribution is 0.283. The molecule has 1 unspecified atom stereocenters. The number of nitrogens with one attached hydrogen (secondary N) is 2. The van der Waals surface area contributed by atoms with Crippen LogP contribution in [0.3, 0.4) is 0 Å². The average Bonchev–Trinajstić information content (AvgIpc) is 3.03. The monoisotopic (exact) mass is 263 g/mol. The van der Waals surface area contributed by atoms with Crippen LogP contribution >= 0.6 is 12.2 Å². The molecule has 0 radical (unpaired) electrons. The van der Waals surface area contributed by atoms with E-state index < -0.39 is 0 Å². The third-order valence-electron chi connectivity index (χ3n) is 3.60. The van der Waals surface area contributed by atoms with Gasteiger partial charge in [-0.2, -0.15) is 0 Å². The Morgan fingerprint density at radius 3 is 3.06 bits per heavy atom. The molecule has 0 saturated carbocycles. The molecule has 1 aliphatic carbocycles. The molecule has 0 fully saturated rings. The summed E-state index contributed by atoms with van der Waals surface area (Å²) in [5, 5.41) is 5.74. The lowest BCUT2D eigenvalue weighted by atomic mass is 9.91. The topological polar surface area (TPSA) is 40.4 Å². The molecule has 0 saturated heterocycles. The van der Waals surface area contributed by atoms with Crippen molar-refractivity contribution in [3.8, 4) is 0 Å². The Kier molecular flexibility index (Phi) is 2.99. The van der Waals surface area contributed by atoms with Crippen LogP contribution in [0.5, 0.6) is 0 Å². The molecule has 3 rings (SSSR count). The van der Waals surface area contributed by atoms with Crippen molar-refractivity contribution in [2.75, 3.05) is 7.05 Å². The molecule has 2 heterocycles. The van der Waals surface area contributed by atoms with Crippen LogP contribution in [0, 0.1) is 0 Å². The third-order valence-corrected chi connectivity index (χ3v) is 4.00. The summed E-state index contributed by atoms with van der Waals surface area (Å²) in [4.78, 5) is 0. The van der Waals surface area contributed by atoms with Crippen LogP contribution in [-0.4, -0.2) is 17.2 Å². The zero-order valence-electron chi connectivity index (χ0n) is 10.4. The van der Waals surface area contributed by atoms with E-state index in [4.69, 9.17) is 16.6 Å². The highest BCUT2D eigenvalue weighted by Gasteiger charge is 2.37. The molecule has 0 amide bonds. The van der Waals surface area contributed by atoms with E-state index in [9.17, 15) is 0 Å². The zero-order chi connectivity index (χ0) is 12.5. The maximum atomic E-state index is 5.59. The number of nitrogens with zero attached hydrogens (tertiary/aromatic N) is 1. The van der Waals surface area contributed by atoms with Crippen LogP contribution in [0.4, 0.5) is 0 Å². The minimum atomic E-state index is 0.107. The minimum absolute atomic E-state index is 0.107. The maximum Gasteiger partial charge on any atom is 0.188 e. The van der Waals surface area contributed by atoms with Crippen molar-refractivity contribution in [3.05, 3.63) is 35.4 Å². The van der Waals surface area contributed by atoms with Gasteiger partial charge in [0.15, 0.2) is 5.11 Å². The SMILES string of the molecule is CNC(=S)N1NC2=C(CCCC2)C1c1ccco1. The van der Waals surface area contributed by atoms with E-state index in [-0.39, 0.29) is 6.04 Å². The van der Waals surface area contributed by atoms with Crippen LogP contribution in [0.15, 0.2) is 34.1 Å². The third kappa shape index (κ3) is 1.79. The molecule has 0 spiro atoms. The molecule has 1 aromatic heterocycles. The molecular weight excluding hydrogens is 246 g/mol. The zero-order valence-corrected chi connectivity index (χ0v) is 11.2. The lowest BCUT2D eigenvalue weighted by Crippen LogP contribution is -2.44. The Bertz CT molecular complexity index is 480. The van der Waals surface area contributed by atoms with E-state index in [0.717, 1.165) is 18.6 Å². The number of rotatable bonds is 1. The predicted molar refractivity (Wildman–Crippen MR) is 73.6 cm³/mol. The summed E-state index contributed by atoms with van der Waals surface area (Å²) in [6.07, 6.45) is 6.44. The Hall–Kier alpha value is -1.49. The Labute approximate surface area is 112 Å². The normalized spacial score (nSPS) is 22.7. The van der Waals surface area contributed by atoms with Gasteiger partial charge in [-0.05, 0) is 55.6 Å². The van der Waals surface area contributed by atoms with Crippen molar-refractivity contribution in [1.29, 1.82) is 0 Å². The molecule has 0 bridgehead atoms. The molecule has 0 aromatic carbocycles. The fourth-order valence-electron chi connectivity index (χ4n) is 2.76. The number of furan rings is 1. The number of hydrogen-bond acceptors (Lipinski definition) is 3. The summed E-state index contributed by atoms with van der Waals surface area (Å²) in [6.45, 7) is 0. The van der Waals surface area contributed by atoms with Gasteiger partial charge in [-0.3, -0.25) is 5.43 Å². The number of hydrazine groups is 1. The molecule has 2 aliphatic rings. The Morgan fingerprint density at radius 2 is 2.33 bits per heavy atom. The second kappa shape index (κ2) is 4.65. The first kappa shape index (κ1) is 11.6. The van der Waals surface area contributed by atoms with Crippen LogP contribution in [0.1, 0.15) is 37.5 Å². The first-order chi connectivity index (χ1) is 8.81. The van der Waals surface area contributed by atoms with Gasteiger partial charge in [-0.1, -0.05) is 0 Å². The number of thiocarbonyl (C=S) groups is 1. The van der Waals surface area contributed by atoms with E-state index in [1.165, 1.54) is 24.1 Å². The summed E-state index contributed by atoms with van der Waals surface area (Å²) in [7, 11) is 1.85. The molecule has 5 heteroatoms. The van der Waals surface area contributed by atoms with E-state index >= 15 is 0 Å². The predicted octanol–water partition coefficient (Wildman–Crippen LogP) is 2.47. The van der Waals surface area contributed by atoms with Crippen LogP contribution in [-0.2, 0) is 0 Å². The second-order valence-electron chi connectivity index (χ2n) is 4.67. The van der Waals surface area contributed by atoms with Crippen molar-refractivity contribution in [2.45, 2.75) is 31.7 Å². The fourth-order valence-corrected chi connectivity index (χ4v) is 2.91. The highest BCUT2D eigenvalue weighted by Crippen LogP contribution is 2.41. The van der Waals surface area contributed by atoms with Gasteiger partial charge in [0.05, 0.1) is 6.26 Å². The first-order valence-corrected chi connectivity index (χ1v) is 6.75. The highest BCUT2D eigenvalue weighted by molar-refractivity contribution is 7.80. The van der Waals surface area contributed by atoms with Crippen LogP contribution in [0.2, 0.25) is 0 Å². The summed E-state index contributed by atoms with van der Waals surface area (Å²) >= 11 is 5.37.